The van der Waals surface area contributed by atoms with Crippen molar-refractivity contribution in [2.75, 3.05) is 41.4 Å². The molecule has 0 saturated carbocycles. The third kappa shape index (κ3) is 3.83. The normalized spacial score (nSPS) is 16.8. The van der Waals surface area contributed by atoms with Gasteiger partial charge in [-0.15, -0.1) is 0 Å². The molecule has 1 fully saturated rings. The van der Waals surface area contributed by atoms with Gasteiger partial charge in [0.1, 0.15) is 11.5 Å². The summed E-state index contributed by atoms with van der Waals surface area (Å²) in [6.07, 6.45) is 1.03. The summed E-state index contributed by atoms with van der Waals surface area (Å²) in [4.78, 5) is 16.9. The summed E-state index contributed by atoms with van der Waals surface area (Å²) in [6.45, 7) is 1.61. The topological polar surface area (TPSA) is 42.0 Å². The maximum absolute atomic E-state index is 12.7. The number of likely N-dealkylation sites (N-methyl/N-ethyl adjacent to an activating group) is 1. The molecule has 0 aromatic heterocycles. The second-order valence-electron chi connectivity index (χ2n) is 6.84. The van der Waals surface area contributed by atoms with Crippen LogP contribution in [0.2, 0.25) is 0 Å². The van der Waals surface area contributed by atoms with Crippen LogP contribution >= 0.6 is 0 Å². The van der Waals surface area contributed by atoms with E-state index in [4.69, 9.17) is 9.47 Å². The summed E-state index contributed by atoms with van der Waals surface area (Å²) in [6, 6.07) is 13.9. The molecule has 2 aromatic rings. The molecule has 1 aliphatic rings. The fourth-order valence-electron chi connectivity index (χ4n) is 3.31. The van der Waals surface area contributed by atoms with Gasteiger partial charge in [0.05, 0.1) is 14.2 Å². The standard InChI is InChI=1S/C21H26N2O3/c1-22(2)18-9-10-23(14-18)21(24)16-7-5-15(6-8-16)17-11-19(25-3)13-20(12-17)26-4/h5-8,11-13,18H,9-10,14H2,1-4H3/t18-/m1/s1. The maximum atomic E-state index is 12.7. The monoisotopic (exact) mass is 354 g/mol. The summed E-state index contributed by atoms with van der Waals surface area (Å²) in [5, 5.41) is 0. The maximum Gasteiger partial charge on any atom is 0.253 e. The fourth-order valence-corrected chi connectivity index (χ4v) is 3.31. The Morgan fingerprint density at radius 1 is 1.00 bits per heavy atom. The molecule has 3 rings (SSSR count). The summed E-state index contributed by atoms with van der Waals surface area (Å²) in [5.74, 6) is 1.58. The minimum absolute atomic E-state index is 0.101. The smallest absolute Gasteiger partial charge is 0.253 e. The number of nitrogens with zero attached hydrogens (tertiary/aromatic N) is 2. The number of rotatable bonds is 5. The van der Waals surface area contributed by atoms with E-state index in [1.807, 2.05) is 47.4 Å². The van der Waals surface area contributed by atoms with Gasteiger partial charge in [-0.2, -0.15) is 0 Å². The van der Waals surface area contributed by atoms with E-state index < -0.39 is 0 Å². The predicted octanol–water partition coefficient (Wildman–Crippen LogP) is 3.15. The van der Waals surface area contributed by atoms with Crippen LogP contribution in [0.15, 0.2) is 42.5 Å². The van der Waals surface area contributed by atoms with Gasteiger partial charge in [-0.3, -0.25) is 4.79 Å². The number of amides is 1. The van der Waals surface area contributed by atoms with Crippen LogP contribution in [0.25, 0.3) is 11.1 Å². The van der Waals surface area contributed by atoms with Crippen molar-refractivity contribution in [3.63, 3.8) is 0 Å². The zero-order valence-corrected chi connectivity index (χ0v) is 15.9. The van der Waals surface area contributed by atoms with E-state index in [0.717, 1.165) is 47.7 Å². The third-order valence-corrected chi connectivity index (χ3v) is 5.00. The molecule has 1 atom stereocenters. The van der Waals surface area contributed by atoms with Gasteiger partial charge in [0, 0.05) is 30.8 Å². The van der Waals surface area contributed by atoms with Crippen LogP contribution in [-0.4, -0.2) is 63.2 Å². The van der Waals surface area contributed by atoms with Crippen molar-refractivity contribution in [1.29, 1.82) is 0 Å². The van der Waals surface area contributed by atoms with E-state index >= 15 is 0 Å². The largest absolute Gasteiger partial charge is 0.497 e. The van der Waals surface area contributed by atoms with Crippen molar-refractivity contribution in [1.82, 2.24) is 9.80 Å². The highest BCUT2D eigenvalue weighted by molar-refractivity contribution is 5.95. The van der Waals surface area contributed by atoms with Crippen LogP contribution in [0.4, 0.5) is 0 Å². The lowest BCUT2D eigenvalue weighted by Gasteiger charge is -2.20. The SMILES string of the molecule is COc1cc(OC)cc(-c2ccc(C(=O)N3CC[C@@H](N(C)C)C3)cc2)c1. The average Bonchev–Trinajstić information content (AvgIpc) is 3.17. The highest BCUT2D eigenvalue weighted by Crippen LogP contribution is 2.30. The Morgan fingerprint density at radius 3 is 2.12 bits per heavy atom. The van der Waals surface area contributed by atoms with Gasteiger partial charge in [0.25, 0.3) is 5.91 Å². The third-order valence-electron chi connectivity index (χ3n) is 5.00. The number of benzene rings is 2. The molecular weight excluding hydrogens is 328 g/mol. The van der Waals surface area contributed by atoms with E-state index in [1.54, 1.807) is 14.2 Å². The van der Waals surface area contributed by atoms with Crippen molar-refractivity contribution in [3.8, 4) is 22.6 Å². The molecule has 0 unspecified atom stereocenters. The highest BCUT2D eigenvalue weighted by atomic mass is 16.5. The van der Waals surface area contributed by atoms with Crippen LogP contribution in [0.3, 0.4) is 0 Å². The summed E-state index contributed by atoms with van der Waals surface area (Å²) in [7, 11) is 7.40. The minimum atomic E-state index is 0.101. The lowest BCUT2D eigenvalue weighted by atomic mass is 10.0. The molecule has 0 spiro atoms. The molecule has 138 valence electrons. The molecule has 1 aliphatic heterocycles. The summed E-state index contributed by atoms with van der Waals surface area (Å²) >= 11 is 0. The van der Waals surface area contributed by atoms with E-state index in [-0.39, 0.29) is 5.91 Å². The number of carbonyl (C=O) groups is 1. The summed E-state index contributed by atoms with van der Waals surface area (Å²) in [5.41, 5.74) is 2.74. The Hall–Kier alpha value is -2.53. The number of carbonyl (C=O) groups excluding carboxylic acids is 1. The Balaban J connectivity index is 1.78. The Kier molecular flexibility index (Phi) is 5.47. The van der Waals surface area contributed by atoms with Crippen LogP contribution in [0, 0.1) is 0 Å². The molecule has 0 bridgehead atoms. The first kappa shape index (κ1) is 18.3. The number of methoxy groups -OCH3 is 2. The Bertz CT molecular complexity index is 749. The molecule has 0 N–H and O–H groups in total. The summed E-state index contributed by atoms with van der Waals surface area (Å²) < 4.78 is 10.7. The van der Waals surface area contributed by atoms with Gasteiger partial charge in [0.15, 0.2) is 0 Å². The van der Waals surface area contributed by atoms with Crippen LogP contribution in [0.1, 0.15) is 16.8 Å². The second-order valence-corrected chi connectivity index (χ2v) is 6.84. The molecule has 1 heterocycles. The van der Waals surface area contributed by atoms with E-state index in [9.17, 15) is 4.79 Å². The lowest BCUT2D eigenvalue weighted by Crippen LogP contribution is -2.34. The minimum Gasteiger partial charge on any atom is -0.497 e. The van der Waals surface area contributed by atoms with Crippen molar-refractivity contribution in [2.45, 2.75) is 12.5 Å². The van der Waals surface area contributed by atoms with Gasteiger partial charge in [0.2, 0.25) is 0 Å². The predicted molar refractivity (Wildman–Crippen MR) is 103 cm³/mol. The van der Waals surface area contributed by atoms with E-state index in [0.29, 0.717) is 6.04 Å². The average molecular weight is 354 g/mol. The van der Waals surface area contributed by atoms with Gasteiger partial charge >= 0.3 is 0 Å². The molecule has 1 amide bonds. The Labute approximate surface area is 155 Å². The Morgan fingerprint density at radius 2 is 1.62 bits per heavy atom. The zero-order valence-electron chi connectivity index (χ0n) is 15.9. The van der Waals surface area contributed by atoms with Crippen molar-refractivity contribution in [2.24, 2.45) is 0 Å². The van der Waals surface area contributed by atoms with Crippen LogP contribution < -0.4 is 9.47 Å². The second kappa shape index (κ2) is 7.79. The molecule has 5 heteroatoms. The fraction of sp³-hybridized carbons (Fsp3) is 0.381. The van der Waals surface area contributed by atoms with Crippen molar-refractivity contribution in [3.05, 3.63) is 48.0 Å². The van der Waals surface area contributed by atoms with Crippen molar-refractivity contribution >= 4 is 5.91 Å². The highest BCUT2D eigenvalue weighted by Gasteiger charge is 2.27. The first-order chi connectivity index (χ1) is 12.5. The molecule has 0 aliphatic carbocycles. The van der Waals surface area contributed by atoms with Gasteiger partial charge in [-0.25, -0.2) is 0 Å². The molecule has 2 aromatic carbocycles. The van der Waals surface area contributed by atoms with Crippen LogP contribution in [-0.2, 0) is 0 Å². The molecule has 1 saturated heterocycles. The molecular formula is C21H26N2O3. The van der Waals surface area contributed by atoms with Gasteiger partial charge in [-0.1, -0.05) is 12.1 Å². The van der Waals surface area contributed by atoms with E-state index in [1.165, 1.54) is 0 Å². The number of ether oxygens (including phenoxy) is 2. The number of likely N-dealkylation sites (tertiary alicyclic amines) is 1. The van der Waals surface area contributed by atoms with Gasteiger partial charge < -0.3 is 19.3 Å². The van der Waals surface area contributed by atoms with Gasteiger partial charge in [-0.05, 0) is 55.9 Å². The number of hydrogen-bond acceptors (Lipinski definition) is 4. The van der Waals surface area contributed by atoms with Crippen molar-refractivity contribution < 1.29 is 14.3 Å². The molecule has 5 nitrogen and oxygen atoms in total. The van der Waals surface area contributed by atoms with E-state index in [2.05, 4.69) is 19.0 Å². The first-order valence-corrected chi connectivity index (χ1v) is 8.81. The zero-order chi connectivity index (χ0) is 18.7. The van der Waals surface area contributed by atoms with Crippen LogP contribution in [0.5, 0.6) is 11.5 Å². The first-order valence-electron chi connectivity index (χ1n) is 8.81. The quantitative estimate of drug-likeness (QED) is 0.827. The lowest BCUT2D eigenvalue weighted by molar-refractivity contribution is 0.0783. The molecule has 0 radical (unpaired) electrons. The molecule has 26 heavy (non-hydrogen) atoms. The number of hydrogen-bond donors (Lipinski definition) is 0.